The molecule has 2 fully saturated rings. The van der Waals surface area contributed by atoms with Crippen LogP contribution in [0.15, 0.2) is 18.2 Å². The number of carbonyl (C=O) groups excluding carboxylic acids is 1. The summed E-state index contributed by atoms with van der Waals surface area (Å²) in [6, 6.07) is 4.49. The van der Waals surface area contributed by atoms with Gasteiger partial charge in [-0.2, -0.15) is 0 Å². The first-order chi connectivity index (χ1) is 11.5. The number of aliphatic carboxylic acids is 1. The monoisotopic (exact) mass is 351 g/mol. The quantitative estimate of drug-likeness (QED) is 0.905. The highest BCUT2D eigenvalue weighted by Gasteiger charge is 2.47. The summed E-state index contributed by atoms with van der Waals surface area (Å²) in [7, 11) is 1.55. The average molecular weight is 352 g/mol. The molecule has 1 aromatic carbocycles. The van der Waals surface area contributed by atoms with Gasteiger partial charge in [0.2, 0.25) is 5.91 Å². The van der Waals surface area contributed by atoms with Gasteiger partial charge in [-0.05, 0) is 43.4 Å². The van der Waals surface area contributed by atoms with E-state index in [4.69, 9.17) is 16.3 Å². The Kier molecular flexibility index (Phi) is 4.99. The molecule has 0 spiro atoms. The zero-order valence-electron chi connectivity index (χ0n) is 13.7. The number of nitrogens with zero attached hydrogens (tertiary/aromatic N) is 1. The van der Waals surface area contributed by atoms with Crippen molar-refractivity contribution in [1.82, 2.24) is 4.90 Å². The van der Waals surface area contributed by atoms with E-state index in [1.165, 1.54) is 0 Å². The van der Waals surface area contributed by atoms with E-state index in [1.807, 2.05) is 0 Å². The Balaban J connectivity index is 1.84. The van der Waals surface area contributed by atoms with Gasteiger partial charge in [-0.15, -0.1) is 0 Å². The summed E-state index contributed by atoms with van der Waals surface area (Å²) in [5.74, 6) is -0.155. The van der Waals surface area contributed by atoms with Crippen LogP contribution in [0.2, 0.25) is 5.02 Å². The van der Waals surface area contributed by atoms with Gasteiger partial charge in [-0.3, -0.25) is 4.79 Å². The summed E-state index contributed by atoms with van der Waals surface area (Å²) < 4.78 is 5.30. The maximum absolute atomic E-state index is 12.9. The third-order valence-electron chi connectivity index (χ3n) is 5.25. The molecular formula is C18H22ClNO4. The van der Waals surface area contributed by atoms with E-state index in [9.17, 15) is 14.7 Å². The lowest BCUT2D eigenvalue weighted by molar-refractivity contribution is -0.149. The highest BCUT2D eigenvalue weighted by Crippen LogP contribution is 2.40. The molecule has 1 aromatic rings. The highest BCUT2D eigenvalue weighted by molar-refractivity contribution is 6.30. The highest BCUT2D eigenvalue weighted by atomic mass is 35.5. The van der Waals surface area contributed by atoms with E-state index >= 15 is 0 Å². The summed E-state index contributed by atoms with van der Waals surface area (Å²) in [5.41, 5.74) is 0.693. The molecule has 6 heteroatoms. The van der Waals surface area contributed by atoms with Crippen LogP contribution in [0.5, 0.6) is 5.75 Å². The van der Waals surface area contributed by atoms with Crippen LogP contribution < -0.4 is 4.74 Å². The number of likely N-dealkylation sites (tertiary alicyclic amines) is 1. The minimum absolute atomic E-state index is 0.0533. The topological polar surface area (TPSA) is 66.8 Å². The number of benzene rings is 1. The van der Waals surface area contributed by atoms with Gasteiger partial charge in [-0.25, -0.2) is 4.79 Å². The maximum Gasteiger partial charge on any atom is 0.326 e. The normalized spacial score (nSPS) is 26.1. The number of hydrogen-bond acceptors (Lipinski definition) is 3. The number of carboxylic acid groups (broad SMARTS) is 1. The third kappa shape index (κ3) is 3.22. The summed E-state index contributed by atoms with van der Waals surface area (Å²) in [4.78, 5) is 26.2. The summed E-state index contributed by atoms with van der Waals surface area (Å²) in [5, 5.41) is 10.1. The molecule has 3 rings (SSSR count). The van der Waals surface area contributed by atoms with Gasteiger partial charge in [0.05, 0.1) is 13.5 Å². The van der Waals surface area contributed by atoms with Gasteiger partial charge in [0.25, 0.3) is 0 Å². The summed E-state index contributed by atoms with van der Waals surface area (Å²) in [6.45, 7) is 0. The number of hydrogen-bond donors (Lipinski definition) is 1. The molecule has 0 bridgehead atoms. The molecule has 130 valence electrons. The smallest absolute Gasteiger partial charge is 0.326 e. The van der Waals surface area contributed by atoms with Crippen LogP contribution in [0, 0.1) is 5.92 Å². The number of halogens is 1. The van der Waals surface area contributed by atoms with E-state index in [0.717, 1.165) is 25.7 Å². The van der Waals surface area contributed by atoms with E-state index in [1.54, 1.807) is 30.2 Å². The minimum atomic E-state index is -0.907. The van der Waals surface area contributed by atoms with Crippen LogP contribution in [0.1, 0.15) is 37.7 Å². The van der Waals surface area contributed by atoms with E-state index in [0.29, 0.717) is 28.7 Å². The number of ether oxygens (including phenoxy) is 1. The Morgan fingerprint density at radius 1 is 1.33 bits per heavy atom. The van der Waals surface area contributed by atoms with Crippen molar-refractivity contribution in [3.63, 3.8) is 0 Å². The van der Waals surface area contributed by atoms with Gasteiger partial charge in [0.15, 0.2) is 0 Å². The second-order valence-corrected chi connectivity index (χ2v) is 7.07. The van der Waals surface area contributed by atoms with Crippen LogP contribution in [-0.4, -0.2) is 41.1 Å². The van der Waals surface area contributed by atoms with Crippen LogP contribution in [0.4, 0.5) is 0 Å². The predicted molar refractivity (Wildman–Crippen MR) is 90.3 cm³/mol. The number of fused-ring (bicyclic) bond motifs is 1. The van der Waals surface area contributed by atoms with Gasteiger partial charge in [0.1, 0.15) is 11.8 Å². The molecule has 1 amide bonds. The van der Waals surface area contributed by atoms with E-state index in [-0.39, 0.29) is 18.4 Å². The molecule has 1 saturated carbocycles. The molecular weight excluding hydrogens is 330 g/mol. The third-order valence-corrected chi connectivity index (χ3v) is 5.48. The van der Waals surface area contributed by atoms with Crippen LogP contribution in [0.3, 0.4) is 0 Å². The zero-order chi connectivity index (χ0) is 17.3. The molecule has 1 heterocycles. The molecule has 1 aliphatic heterocycles. The second-order valence-electron chi connectivity index (χ2n) is 6.64. The lowest BCUT2D eigenvalue weighted by Crippen LogP contribution is -2.46. The summed E-state index contributed by atoms with van der Waals surface area (Å²) >= 11 is 6.03. The molecule has 3 atom stereocenters. The van der Waals surface area contributed by atoms with Crippen molar-refractivity contribution in [3.05, 3.63) is 28.8 Å². The molecule has 0 aromatic heterocycles. The number of amides is 1. The zero-order valence-corrected chi connectivity index (χ0v) is 14.5. The number of carbonyl (C=O) groups is 2. The Morgan fingerprint density at radius 2 is 2.08 bits per heavy atom. The number of rotatable bonds is 4. The first kappa shape index (κ1) is 17.1. The van der Waals surface area contributed by atoms with Gasteiger partial charge in [-0.1, -0.05) is 24.4 Å². The molecule has 1 N–H and O–H groups in total. The molecule has 2 aliphatic rings. The lowest BCUT2D eigenvalue weighted by atomic mass is 9.84. The van der Waals surface area contributed by atoms with Crippen molar-refractivity contribution < 1.29 is 19.4 Å². The van der Waals surface area contributed by atoms with Crippen LogP contribution >= 0.6 is 11.6 Å². The number of carboxylic acids is 1. The van der Waals surface area contributed by atoms with Crippen LogP contribution in [0.25, 0.3) is 0 Å². The first-order valence-corrected chi connectivity index (χ1v) is 8.75. The molecule has 24 heavy (non-hydrogen) atoms. The fraction of sp³-hybridized carbons (Fsp3) is 0.556. The van der Waals surface area contributed by atoms with Crippen molar-refractivity contribution in [2.45, 2.75) is 50.6 Å². The largest absolute Gasteiger partial charge is 0.496 e. The molecule has 0 radical (unpaired) electrons. The van der Waals surface area contributed by atoms with Crippen LogP contribution in [-0.2, 0) is 16.0 Å². The lowest BCUT2D eigenvalue weighted by Gasteiger charge is -2.33. The predicted octanol–water partition coefficient (Wildman–Crippen LogP) is 3.14. The maximum atomic E-state index is 12.9. The van der Waals surface area contributed by atoms with Gasteiger partial charge >= 0.3 is 5.97 Å². The first-order valence-electron chi connectivity index (χ1n) is 8.37. The fourth-order valence-corrected chi connectivity index (χ4v) is 4.37. The van der Waals surface area contributed by atoms with Crippen molar-refractivity contribution in [3.8, 4) is 5.75 Å². The number of methoxy groups -OCH3 is 1. The molecule has 5 nitrogen and oxygen atoms in total. The fourth-order valence-electron chi connectivity index (χ4n) is 4.18. The Bertz CT molecular complexity index is 648. The van der Waals surface area contributed by atoms with Gasteiger partial charge < -0.3 is 14.7 Å². The Hall–Kier alpha value is -1.75. The van der Waals surface area contributed by atoms with Crippen molar-refractivity contribution in [2.24, 2.45) is 5.92 Å². The molecule has 3 unspecified atom stereocenters. The Morgan fingerprint density at radius 3 is 2.79 bits per heavy atom. The van der Waals surface area contributed by atoms with Crippen molar-refractivity contribution in [1.29, 1.82) is 0 Å². The molecule has 1 saturated heterocycles. The SMILES string of the molecule is COc1ccc(Cl)cc1CC(=O)N1C(C(=O)O)CC2CCCCC21. The average Bonchev–Trinajstić information content (AvgIpc) is 2.95. The minimum Gasteiger partial charge on any atom is -0.496 e. The Labute approximate surface area is 146 Å². The molecule has 1 aliphatic carbocycles. The standard InChI is InChI=1S/C18H22ClNO4/c1-24-16-7-6-13(19)8-12(16)10-17(21)20-14-5-3-2-4-11(14)9-15(20)18(22)23/h6-8,11,14-15H,2-5,9-10H2,1H3,(H,22,23). The van der Waals surface area contributed by atoms with E-state index in [2.05, 4.69) is 0 Å². The van der Waals surface area contributed by atoms with Crippen molar-refractivity contribution >= 4 is 23.5 Å². The second kappa shape index (κ2) is 7.01. The summed E-state index contributed by atoms with van der Waals surface area (Å²) in [6.07, 6.45) is 4.76. The van der Waals surface area contributed by atoms with Crippen molar-refractivity contribution in [2.75, 3.05) is 7.11 Å². The van der Waals surface area contributed by atoms with Gasteiger partial charge in [0, 0.05) is 16.6 Å². The van der Waals surface area contributed by atoms with E-state index < -0.39 is 12.0 Å².